The second kappa shape index (κ2) is 7.89. The average molecular weight is 410 g/mol. The van der Waals surface area contributed by atoms with Crippen LogP contribution in [0, 0.1) is 13.8 Å². The molecule has 0 aliphatic rings. The highest BCUT2D eigenvalue weighted by molar-refractivity contribution is 5.80. The van der Waals surface area contributed by atoms with Crippen LogP contribution in [-0.4, -0.2) is 19.9 Å². The smallest absolute Gasteiger partial charge is 0.346 e. The van der Waals surface area contributed by atoms with Crippen LogP contribution >= 0.6 is 0 Å². The number of halogens is 3. The summed E-state index contributed by atoms with van der Waals surface area (Å²) in [6.07, 6.45) is 3.25. The summed E-state index contributed by atoms with van der Waals surface area (Å²) in [5, 5.41) is 1.09. The van der Waals surface area contributed by atoms with Gasteiger partial charge in [-0.3, -0.25) is 9.97 Å². The summed E-state index contributed by atoms with van der Waals surface area (Å²) in [5.74, 6) is 0. The first-order chi connectivity index (χ1) is 14.3. The maximum atomic E-state index is 13.2. The SMILES string of the molecule is Cc1cnc2[nH]cc(Cc3ccc(CCc4cnccc4C(F)(F)F)nc3C)c2c1. The zero-order chi connectivity index (χ0) is 21.3. The lowest BCUT2D eigenvalue weighted by Crippen LogP contribution is -2.10. The summed E-state index contributed by atoms with van der Waals surface area (Å²) >= 11 is 0. The fraction of sp³-hybridized carbons (Fsp3) is 0.261. The van der Waals surface area contributed by atoms with Gasteiger partial charge in [-0.25, -0.2) is 4.98 Å². The van der Waals surface area contributed by atoms with Gasteiger partial charge in [0.05, 0.1) is 5.56 Å². The predicted octanol–water partition coefficient (Wildman–Crippen LogP) is 5.36. The minimum atomic E-state index is -4.38. The van der Waals surface area contributed by atoms with Crippen molar-refractivity contribution in [3.05, 3.63) is 88.3 Å². The molecule has 4 nitrogen and oxygen atoms in total. The van der Waals surface area contributed by atoms with E-state index in [0.29, 0.717) is 12.8 Å². The molecule has 0 fully saturated rings. The molecule has 30 heavy (non-hydrogen) atoms. The van der Waals surface area contributed by atoms with Gasteiger partial charge in [0.15, 0.2) is 0 Å². The first-order valence-corrected chi connectivity index (χ1v) is 9.69. The first kappa shape index (κ1) is 20.1. The highest BCUT2D eigenvalue weighted by Crippen LogP contribution is 2.32. The van der Waals surface area contributed by atoms with E-state index in [1.54, 1.807) is 0 Å². The van der Waals surface area contributed by atoms with Crippen LogP contribution in [0.15, 0.2) is 49.1 Å². The third-order valence-corrected chi connectivity index (χ3v) is 5.25. The van der Waals surface area contributed by atoms with Crippen LogP contribution in [0.1, 0.15) is 39.2 Å². The highest BCUT2D eigenvalue weighted by atomic mass is 19.4. The number of pyridine rings is 3. The van der Waals surface area contributed by atoms with Gasteiger partial charge < -0.3 is 4.98 Å². The van der Waals surface area contributed by atoms with Gasteiger partial charge in [-0.2, -0.15) is 13.2 Å². The van der Waals surface area contributed by atoms with Gasteiger partial charge in [-0.1, -0.05) is 6.07 Å². The zero-order valence-corrected chi connectivity index (χ0v) is 16.7. The Hall–Kier alpha value is -3.22. The Kier molecular flexibility index (Phi) is 5.28. The minimum absolute atomic E-state index is 0.190. The molecule has 4 aromatic heterocycles. The van der Waals surface area contributed by atoms with E-state index in [9.17, 15) is 13.2 Å². The van der Waals surface area contributed by atoms with Crippen molar-refractivity contribution in [2.75, 3.05) is 0 Å². The molecule has 0 amide bonds. The number of alkyl halides is 3. The topological polar surface area (TPSA) is 54.5 Å². The van der Waals surface area contributed by atoms with Crippen LogP contribution in [0.25, 0.3) is 11.0 Å². The van der Waals surface area contributed by atoms with Crippen molar-refractivity contribution in [2.45, 2.75) is 39.3 Å². The van der Waals surface area contributed by atoms with Gasteiger partial charge in [-0.05, 0) is 67.1 Å². The van der Waals surface area contributed by atoms with E-state index in [4.69, 9.17) is 0 Å². The van der Waals surface area contributed by atoms with Gasteiger partial charge in [-0.15, -0.1) is 0 Å². The van der Waals surface area contributed by atoms with Crippen LogP contribution in [0.5, 0.6) is 0 Å². The van der Waals surface area contributed by atoms with Crippen molar-refractivity contribution in [2.24, 2.45) is 0 Å². The van der Waals surface area contributed by atoms with Gasteiger partial charge >= 0.3 is 6.18 Å². The Balaban J connectivity index is 1.51. The van der Waals surface area contributed by atoms with Crippen LogP contribution in [0.2, 0.25) is 0 Å². The molecule has 0 bridgehead atoms. The van der Waals surface area contributed by atoms with Crippen molar-refractivity contribution in [1.29, 1.82) is 0 Å². The molecule has 0 spiro atoms. The number of aromatic nitrogens is 4. The zero-order valence-electron chi connectivity index (χ0n) is 16.7. The van der Waals surface area contributed by atoms with Gasteiger partial charge in [0.2, 0.25) is 0 Å². The predicted molar refractivity (Wildman–Crippen MR) is 109 cm³/mol. The number of fused-ring (bicyclic) bond motifs is 1. The van der Waals surface area contributed by atoms with E-state index in [2.05, 4.69) is 26.0 Å². The molecule has 4 rings (SSSR count). The average Bonchev–Trinajstić information content (AvgIpc) is 3.09. The van der Waals surface area contributed by atoms with Gasteiger partial charge in [0.25, 0.3) is 0 Å². The largest absolute Gasteiger partial charge is 0.416 e. The number of nitrogens with one attached hydrogen (secondary N) is 1. The van der Waals surface area contributed by atoms with E-state index >= 15 is 0 Å². The molecule has 1 N–H and O–H groups in total. The number of hydrogen-bond donors (Lipinski definition) is 1. The lowest BCUT2D eigenvalue weighted by atomic mass is 10.0. The molecule has 0 aliphatic heterocycles. The van der Waals surface area contributed by atoms with Crippen LogP contribution in [0.3, 0.4) is 0 Å². The molecular weight excluding hydrogens is 389 g/mol. The third kappa shape index (κ3) is 4.20. The maximum absolute atomic E-state index is 13.2. The molecule has 0 saturated carbocycles. The number of hydrogen-bond acceptors (Lipinski definition) is 3. The van der Waals surface area contributed by atoms with Crippen LogP contribution in [-0.2, 0) is 25.4 Å². The maximum Gasteiger partial charge on any atom is 0.416 e. The Morgan fingerprint density at radius 3 is 2.57 bits per heavy atom. The Labute approximate surface area is 172 Å². The molecule has 154 valence electrons. The summed E-state index contributed by atoms with van der Waals surface area (Å²) < 4.78 is 39.5. The number of aryl methyl sites for hydroxylation is 4. The molecular formula is C23H21F3N4. The molecule has 0 aromatic carbocycles. The molecule has 4 aromatic rings. The quantitative estimate of drug-likeness (QED) is 0.482. The Bertz CT molecular complexity index is 1190. The standard InChI is InChI=1S/C23H21F3N4/c1-14-9-20-18(13-29-22(20)28-11-14)10-16-3-5-19(30-15(16)2)6-4-17-12-27-8-7-21(17)23(24,25)26/h3,5,7-9,11-13H,4,6,10H2,1-2H3,(H,28,29). The second-order valence-corrected chi connectivity index (χ2v) is 7.48. The number of nitrogens with zero attached hydrogens (tertiary/aromatic N) is 3. The van der Waals surface area contributed by atoms with Crippen molar-refractivity contribution in [3.63, 3.8) is 0 Å². The van der Waals surface area contributed by atoms with E-state index in [1.807, 2.05) is 38.4 Å². The second-order valence-electron chi connectivity index (χ2n) is 7.48. The molecule has 0 aliphatic carbocycles. The van der Waals surface area contributed by atoms with Crippen molar-refractivity contribution in [1.82, 2.24) is 19.9 Å². The lowest BCUT2D eigenvalue weighted by Gasteiger charge is -2.12. The van der Waals surface area contributed by atoms with E-state index in [-0.39, 0.29) is 12.0 Å². The summed E-state index contributed by atoms with van der Waals surface area (Å²) in [6, 6.07) is 7.03. The minimum Gasteiger partial charge on any atom is -0.346 e. The summed E-state index contributed by atoms with van der Waals surface area (Å²) in [6.45, 7) is 3.94. The van der Waals surface area contributed by atoms with Gasteiger partial charge in [0, 0.05) is 48.0 Å². The fourth-order valence-electron chi connectivity index (χ4n) is 3.65. The van der Waals surface area contributed by atoms with E-state index < -0.39 is 11.7 Å². The lowest BCUT2D eigenvalue weighted by molar-refractivity contribution is -0.138. The van der Waals surface area contributed by atoms with E-state index in [1.165, 1.54) is 12.4 Å². The first-order valence-electron chi connectivity index (χ1n) is 9.69. The molecule has 0 radical (unpaired) electrons. The summed E-state index contributed by atoms with van der Waals surface area (Å²) in [5.41, 5.74) is 5.39. The summed E-state index contributed by atoms with van der Waals surface area (Å²) in [7, 11) is 0. The van der Waals surface area contributed by atoms with E-state index in [0.717, 1.165) is 45.2 Å². The number of H-pyrrole nitrogens is 1. The molecule has 4 heterocycles. The molecule has 0 atom stereocenters. The Morgan fingerprint density at radius 2 is 1.80 bits per heavy atom. The Morgan fingerprint density at radius 1 is 0.967 bits per heavy atom. The normalized spacial score (nSPS) is 11.9. The fourth-order valence-corrected chi connectivity index (χ4v) is 3.65. The van der Waals surface area contributed by atoms with Crippen LogP contribution < -0.4 is 0 Å². The highest BCUT2D eigenvalue weighted by Gasteiger charge is 2.32. The molecule has 7 heteroatoms. The third-order valence-electron chi connectivity index (χ3n) is 5.25. The van der Waals surface area contributed by atoms with Crippen molar-refractivity contribution >= 4 is 11.0 Å². The number of aromatic amines is 1. The summed E-state index contributed by atoms with van der Waals surface area (Å²) in [4.78, 5) is 16.1. The molecule has 0 unspecified atom stereocenters. The van der Waals surface area contributed by atoms with Crippen molar-refractivity contribution in [3.8, 4) is 0 Å². The van der Waals surface area contributed by atoms with Crippen molar-refractivity contribution < 1.29 is 13.2 Å². The van der Waals surface area contributed by atoms with Crippen LogP contribution in [0.4, 0.5) is 13.2 Å². The number of rotatable bonds is 5. The monoisotopic (exact) mass is 410 g/mol. The molecule has 0 saturated heterocycles. The van der Waals surface area contributed by atoms with Gasteiger partial charge in [0.1, 0.15) is 5.65 Å².